The summed E-state index contributed by atoms with van der Waals surface area (Å²) >= 11 is 2.25. The molecule has 2 atom stereocenters. The van der Waals surface area contributed by atoms with Crippen molar-refractivity contribution < 1.29 is 9.90 Å². The summed E-state index contributed by atoms with van der Waals surface area (Å²) in [6, 6.07) is 8.07. The lowest BCUT2D eigenvalue weighted by Crippen LogP contribution is -2.21. The van der Waals surface area contributed by atoms with Crippen LogP contribution in [-0.2, 0) is 4.79 Å². The standard InChI is InChI=1S/C11H12INO2/c12-8-3-1-2-7(4-8)9-5-13-6-10(9)11(14)15/h1-4,9-10,13H,5-6H2,(H,14,15)/t9-,10+/m1/s1. The van der Waals surface area contributed by atoms with E-state index >= 15 is 0 Å². The van der Waals surface area contributed by atoms with Gasteiger partial charge in [0.05, 0.1) is 5.92 Å². The van der Waals surface area contributed by atoms with Crippen molar-refractivity contribution in [3.8, 4) is 0 Å². The number of hydrogen-bond donors (Lipinski definition) is 2. The van der Waals surface area contributed by atoms with Crippen LogP contribution in [-0.4, -0.2) is 24.2 Å². The molecule has 1 aliphatic heterocycles. The van der Waals surface area contributed by atoms with Crippen molar-refractivity contribution in [2.24, 2.45) is 5.92 Å². The third kappa shape index (κ3) is 2.31. The summed E-state index contributed by atoms with van der Waals surface area (Å²) in [6.07, 6.45) is 0. The van der Waals surface area contributed by atoms with Gasteiger partial charge < -0.3 is 10.4 Å². The van der Waals surface area contributed by atoms with E-state index in [0.717, 1.165) is 15.7 Å². The molecule has 0 saturated carbocycles. The van der Waals surface area contributed by atoms with Gasteiger partial charge in [-0.15, -0.1) is 0 Å². The second-order valence-corrected chi connectivity index (χ2v) is 5.01. The van der Waals surface area contributed by atoms with Crippen LogP contribution in [0.25, 0.3) is 0 Å². The Bertz CT molecular complexity index is 381. The fourth-order valence-corrected chi connectivity index (χ4v) is 2.59. The molecule has 1 heterocycles. The van der Waals surface area contributed by atoms with Crippen LogP contribution >= 0.6 is 22.6 Å². The van der Waals surface area contributed by atoms with E-state index in [4.69, 9.17) is 5.11 Å². The summed E-state index contributed by atoms with van der Waals surface area (Å²) in [6.45, 7) is 1.34. The second-order valence-electron chi connectivity index (χ2n) is 3.76. The summed E-state index contributed by atoms with van der Waals surface area (Å²) in [5.74, 6) is -0.885. The van der Waals surface area contributed by atoms with Gasteiger partial charge in [0.2, 0.25) is 0 Å². The topological polar surface area (TPSA) is 49.3 Å². The predicted octanol–water partition coefficient (Wildman–Crippen LogP) is 1.68. The molecule has 0 aliphatic carbocycles. The van der Waals surface area contributed by atoms with Gasteiger partial charge in [-0.05, 0) is 40.3 Å². The Morgan fingerprint density at radius 2 is 2.27 bits per heavy atom. The van der Waals surface area contributed by atoms with Gasteiger partial charge in [-0.1, -0.05) is 12.1 Å². The molecule has 0 radical (unpaired) electrons. The lowest BCUT2D eigenvalue weighted by molar-refractivity contribution is -0.141. The zero-order valence-electron chi connectivity index (χ0n) is 8.11. The Morgan fingerprint density at radius 1 is 1.47 bits per heavy atom. The average molecular weight is 317 g/mol. The molecule has 15 heavy (non-hydrogen) atoms. The van der Waals surface area contributed by atoms with Crippen LogP contribution in [0.1, 0.15) is 11.5 Å². The minimum absolute atomic E-state index is 0.109. The normalized spacial score (nSPS) is 25.4. The molecule has 2 N–H and O–H groups in total. The van der Waals surface area contributed by atoms with Gasteiger partial charge >= 0.3 is 5.97 Å². The lowest BCUT2D eigenvalue weighted by Gasteiger charge is -2.15. The summed E-state index contributed by atoms with van der Waals surface area (Å²) in [4.78, 5) is 11.0. The molecule has 3 nitrogen and oxygen atoms in total. The van der Waals surface area contributed by atoms with Crippen molar-refractivity contribution in [1.29, 1.82) is 0 Å². The first-order valence-corrected chi connectivity index (χ1v) is 5.95. The molecular weight excluding hydrogens is 305 g/mol. The molecule has 1 aromatic rings. The van der Waals surface area contributed by atoms with E-state index in [1.165, 1.54) is 0 Å². The molecule has 0 spiro atoms. The molecule has 1 fully saturated rings. The van der Waals surface area contributed by atoms with Crippen LogP contribution in [0.15, 0.2) is 24.3 Å². The molecule has 0 unspecified atom stereocenters. The Hall–Kier alpha value is -0.620. The quantitative estimate of drug-likeness (QED) is 0.816. The van der Waals surface area contributed by atoms with E-state index in [0.29, 0.717) is 6.54 Å². The van der Waals surface area contributed by atoms with Crippen LogP contribution in [0, 0.1) is 9.49 Å². The van der Waals surface area contributed by atoms with Crippen LogP contribution in [0.2, 0.25) is 0 Å². The van der Waals surface area contributed by atoms with E-state index < -0.39 is 5.97 Å². The first-order valence-electron chi connectivity index (χ1n) is 4.87. The zero-order chi connectivity index (χ0) is 10.8. The molecule has 0 amide bonds. The van der Waals surface area contributed by atoms with E-state index in [-0.39, 0.29) is 11.8 Å². The molecule has 0 bridgehead atoms. The van der Waals surface area contributed by atoms with Gasteiger partial charge in [-0.2, -0.15) is 0 Å². The van der Waals surface area contributed by atoms with Gasteiger partial charge in [0, 0.05) is 22.6 Å². The van der Waals surface area contributed by atoms with E-state index in [9.17, 15) is 4.79 Å². The van der Waals surface area contributed by atoms with Gasteiger partial charge in [-0.3, -0.25) is 4.79 Å². The molecule has 1 aromatic carbocycles. The maximum Gasteiger partial charge on any atom is 0.308 e. The third-order valence-corrected chi connectivity index (χ3v) is 3.48. The van der Waals surface area contributed by atoms with Crippen LogP contribution in [0.5, 0.6) is 0 Å². The van der Waals surface area contributed by atoms with E-state index in [1.807, 2.05) is 18.2 Å². The van der Waals surface area contributed by atoms with Gasteiger partial charge in [0.15, 0.2) is 0 Å². The number of carbonyl (C=O) groups is 1. The van der Waals surface area contributed by atoms with Crippen LogP contribution < -0.4 is 5.32 Å². The minimum Gasteiger partial charge on any atom is -0.481 e. The number of carboxylic acids is 1. The first-order chi connectivity index (χ1) is 7.18. The highest BCUT2D eigenvalue weighted by atomic mass is 127. The zero-order valence-corrected chi connectivity index (χ0v) is 10.3. The number of hydrogen-bond acceptors (Lipinski definition) is 2. The number of halogens is 1. The van der Waals surface area contributed by atoms with Gasteiger partial charge in [-0.25, -0.2) is 0 Å². The molecule has 80 valence electrons. The van der Waals surface area contributed by atoms with E-state index in [1.54, 1.807) is 0 Å². The predicted molar refractivity (Wildman–Crippen MR) is 65.9 cm³/mol. The highest BCUT2D eigenvalue weighted by Gasteiger charge is 2.33. The van der Waals surface area contributed by atoms with Crippen molar-refractivity contribution in [3.63, 3.8) is 0 Å². The molecule has 4 heteroatoms. The van der Waals surface area contributed by atoms with Crippen molar-refractivity contribution >= 4 is 28.6 Å². The van der Waals surface area contributed by atoms with Crippen molar-refractivity contribution in [3.05, 3.63) is 33.4 Å². The van der Waals surface area contributed by atoms with Crippen molar-refractivity contribution in [1.82, 2.24) is 5.32 Å². The van der Waals surface area contributed by atoms with Crippen LogP contribution in [0.4, 0.5) is 0 Å². The number of aliphatic carboxylic acids is 1. The Kier molecular flexibility index (Phi) is 3.25. The van der Waals surface area contributed by atoms with Gasteiger partial charge in [0.1, 0.15) is 0 Å². The smallest absolute Gasteiger partial charge is 0.308 e. The summed E-state index contributed by atoms with van der Waals surface area (Å²) in [5, 5.41) is 12.2. The second kappa shape index (κ2) is 4.49. The Labute approximate surface area is 102 Å². The highest BCUT2D eigenvalue weighted by molar-refractivity contribution is 14.1. The Balaban J connectivity index is 2.26. The largest absolute Gasteiger partial charge is 0.481 e. The minimum atomic E-state index is -0.705. The number of nitrogens with one attached hydrogen (secondary N) is 1. The highest BCUT2D eigenvalue weighted by Crippen LogP contribution is 2.28. The maximum atomic E-state index is 11.0. The monoisotopic (exact) mass is 317 g/mol. The van der Waals surface area contributed by atoms with Gasteiger partial charge in [0.25, 0.3) is 0 Å². The van der Waals surface area contributed by atoms with E-state index in [2.05, 4.69) is 34.0 Å². The molecular formula is C11H12INO2. The summed E-state index contributed by atoms with van der Waals surface area (Å²) < 4.78 is 1.15. The molecule has 1 saturated heterocycles. The fraction of sp³-hybridized carbons (Fsp3) is 0.364. The SMILES string of the molecule is O=C(O)[C@H]1CNC[C@@H]1c1cccc(I)c1. The number of rotatable bonds is 2. The first kappa shape index (κ1) is 10.9. The Morgan fingerprint density at radius 3 is 2.93 bits per heavy atom. The molecule has 2 rings (SSSR count). The molecule has 0 aromatic heterocycles. The van der Waals surface area contributed by atoms with Crippen LogP contribution in [0.3, 0.4) is 0 Å². The molecule has 1 aliphatic rings. The lowest BCUT2D eigenvalue weighted by atomic mass is 9.89. The van der Waals surface area contributed by atoms with Crippen molar-refractivity contribution in [2.75, 3.05) is 13.1 Å². The maximum absolute atomic E-state index is 11.0. The third-order valence-electron chi connectivity index (χ3n) is 2.81. The fourth-order valence-electron chi connectivity index (χ4n) is 2.03. The summed E-state index contributed by atoms with van der Waals surface area (Å²) in [5.41, 5.74) is 1.12. The number of benzene rings is 1. The number of carboxylic acid groups (broad SMARTS) is 1. The summed E-state index contributed by atoms with van der Waals surface area (Å²) in [7, 11) is 0. The van der Waals surface area contributed by atoms with Crippen molar-refractivity contribution in [2.45, 2.75) is 5.92 Å². The average Bonchev–Trinajstić information content (AvgIpc) is 2.65.